The molecule has 1 saturated heterocycles. The zero-order valence-electron chi connectivity index (χ0n) is 19.6. The molecule has 5 aromatic heterocycles. The van der Waals surface area contributed by atoms with Gasteiger partial charge in [0.2, 0.25) is 5.95 Å². The summed E-state index contributed by atoms with van der Waals surface area (Å²) in [5.41, 5.74) is 6.01. The zero-order chi connectivity index (χ0) is 23.8. The van der Waals surface area contributed by atoms with E-state index in [2.05, 4.69) is 72.0 Å². The van der Waals surface area contributed by atoms with Crippen LogP contribution in [0.25, 0.3) is 33.8 Å². The molecule has 6 rings (SSSR count). The van der Waals surface area contributed by atoms with Crippen LogP contribution in [-0.4, -0.2) is 67.7 Å². The molecule has 0 bridgehead atoms. The van der Waals surface area contributed by atoms with Gasteiger partial charge in [0.1, 0.15) is 11.5 Å². The van der Waals surface area contributed by atoms with Crippen molar-refractivity contribution in [2.24, 2.45) is 0 Å². The summed E-state index contributed by atoms with van der Waals surface area (Å²) in [7, 11) is 2.16. The van der Waals surface area contributed by atoms with Crippen molar-refractivity contribution in [2.75, 3.05) is 43.4 Å². The van der Waals surface area contributed by atoms with Gasteiger partial charge in [0, 0.05) is 74.0 Å². The van der Waals surface area contributed by atoms with Crippen LogP contribution in [0.1, 0.15) is 11.1 Å². The molecule has 6 heterocycles. The Kier molecular flexibility index (Phi) is 5.38. The van der Waals surface area contributed by atoms with Gasteiger partial charge in [-0.3, -0.25) is 0 Å². The molecule has 176 valence electrons. The maximum Gasteiger partial charge on any atom is 0.224 e. The van der Waals surface area contributed by atoms with E-state index in [-0.39, 0.29) is 0 Å². The van der Waals surface area contributed by atoms with Crippen LogP contribution < -0.4 is 10.2 Å². The number of nitrogens with zero attached hydrogens (tertiary/aromatic N) is 7. The van der Waals surface area contributed by atoms with Crippen molar-refractivity contribution in [2.45, 2.75) is 6.54 Å². The van der Waals surface area contributed by atoms with E-state index in [0.29, 0.717) is 12.5 Å². The first-order valence-electron chi connectivity index (χ1n) is 11.7. The average Bonchev–Trinajstić information content (AvgIpc) is 3.51. The number of rotatable bonds is 6. The molecule has 1 aliphatic heterocycles. The van der Waals surface area contributed by atoms with Gasteiger partial charge in [-0.05, 0) is 36.4 Å². The van der Waals surface area contributed by atoms with Gasteiger partial charge in [0.15, 0.2) is 0 Å². The number of hydrogen-bond donors (Lipinski definition) is 2. The third-order valence-electron chi connectivity index (χ3n) is 6.60. The minimum absolute atomic E-state index is 0.578. The number of hydrogen-bond acceptors (Lipinski definition) is 7. The fraction of sp³-hybridized carbons (Fsp3) is 0.231. The second kappa shape index (κ2) is 8.84. The Morgan fingerprint density at radius 2 is 1.97 bits per heavy atom. The van der Waals surface area contributed by atoms with Gasteiger partial charge in [-0.2, -0.15) is 10.1 Å². The van der Waals surface area contributed by atoms with Crippen LogP contribution in [0.5, 0.6) is 0 Å². The van der Waals surface area contributed by atoms with E-state index in [9.17, 15) is 0 Å². The lowest BCUT2D eigenvalue weighted by atomic mass is 10.1. The van der Waals surface area contributed by atoms with Crippen molar-refractivity contribution < 1.29 is 0 Å². The van der Waals surface area contributed by atoms with Crippen LogP contribution in [0.3, 0.4) is 0 Å². The Labute approximate surface area is 203 Å². The summed E-state index contributed by atoms with van der Waals surface area (Å²) < 4.78 is 1.85. The van der Waals surface area contributed by atoms with Crippen molar-refractivity contribution in [3.63, 3.8) is 0 Å². The number of aromatic amines is 1. The van der Waals surface area contributed by atoms with E-state index >= 15 is 0 Å². The largest absolute Gasteiger partial charge is 0.354 e. The number of anilines is 2. The predicted molar refractivity (Wildman–Crippen MR) is 139 cm³/mol. The molecule has 9 nitrogen and oxygen atoms in total. The lowest BCUT2D eigenvalue weighted by Gasteiger charge is -2.33. The molecule has 0 atom stereocenters. The van der Waals surface area contributed by atoms with E-state index in [1.807, 2.05) is 47.6 Å². The van der Waals surface area contributed by atoms with Gasteiger partial charge in [-0.15, -0.1) is 0 Å². The standard InChI is InChI=1S/C26H27N9/c1-3-19-15-31-35-7-6-20(12-23(19)35)21-16-28-25-22(21)17-30-26(32-25)29-14-18-4-5-24(27-13-18)34-10-8-33(2)9-11-34/h3-7,12-13,15-17H,1,8-11,14H2,2H3,(H2,28,29,30,32). The van der Waals surface area contributed by atoms with Crippen molar-refractivity contribution in [1.82, 2.24) is 34.4 Å². The van der Waals surface area contributed by atoms with Gasteiger partial charge in [-0.1, -0.05) is 18.7 Å². The van der Waals surface area contributed by atoms with Crippen LogP contribution in [0, 0.1) is 0 Å². The van der Waals surface area contributed by atoms with Crippen LogP contribution in [0.2, 0.25) is 0 Å². The first kappa shape index (κ1) is 21.3. The Bertz CT molecular complexity index is 1490. The van der Waals surface area contributed by atoms with Gasteiger partial charge in [-0.25, -0.2) is 14.5 Å². The SMILES string of the molecule is C=Cc1cnn2ccc(-c3c[nH]c4nc(NCc5ccc(N6CCN(C)CC6)nc5)ncc34)cc12. The smallest absolute Gasteiger partial charge is 0.224 e. The number of nitrogens with one attached hydrogen (secondary N) is 2. The molecule has 0 unspecified atom stereocenters. The second-order valence-electron chi connectivity index (χ2n) is 8.88. The second-order valence-corrected chi connectivity index (χ2v) is 8.88. The number of H-pyrrole nitrogens is 1. The number of pyridine rings is 2. The van der Waals surface area contributed by atoms with E-state index in [4.69, 9.17) is 0 Å². The third kappa shape index (κ3) is 4.10. The number of aromatic nitrogens is 6. The topological polar surface area (TPSA) is 90.3 Å². The predicted octanol–water partition coefficient (Wildman–Crippen LogP) is 3.67. The molecule has 0 aromatic carbocycles. The summed E-state index contributed by atoms with van der Waals surface area (Å²) in [6.07, 6.45) is 11.3. The molecule has 1 aliphatic rings. The van der Waals surface area contributed by atoms with Crippen LogP contribution in [0.4, 0.5) is 11.8 Å². The molecular weight excluding hydrogens is 438 g/mol. The highest BCUT2D eigenvalue weighted by Gasteiger charge is 2.15. The molecule has 0 radical (unpaired) electrons. The number of piperazine rings is 1. The van der Waals surface area contributed by atoms with E-state index in [1.54, 1.807) is 0 Å². The first-order chi connectivity index (χ1) is 17.2. The van der Waals surface area contributed by atoms with Crippen molar-refractivity contribution in [3.8, 4) is 11.1 Å². The number of likely N-dealkylation sites (N-methyl/N-ethyl adjacent to an activating group) is 1. The molecule has 0 spiro atoms. The fourth-order valence-electron chi connectivity index (χ4n) is 4.48. The van der Waals surface area contributed by atoms with Crippen LogP contribution in [0.15, 0.2) is 61.8 Å². The minimum atomic E-state index is 0.578. The van der Waals surface area contributed by atoms with Crippen molar-refractivity contribution in [3.05, 3.63) is 73.0 Å². The van der Waals surface area contributed by atoms with Crippen molar-refractivity contribution in [1.29, 1.82) is 0 Å². The number of fused-ring (bicyclic) bond motifs is 2. The Hall–Kier alpha value is -4.24. The molecule has 0 saturated carbocycles. The quantitative estimate of drug-likeness (QED) is 0.395. The molecule has 0 amide bonds. The maximum atomic E-state index is 4.68. The Balaban J connectivity index is 1.16. The molecular formula is C26H27N9. The summed E-state index contributed by atoms with van der Waals surface area (Å²) in [4.78, 5) is 21.9. The highest BCUT2D eigenvalue weighted by molar-refractivity contribution is 5.94. The van der Waals surface area contributed by atoms with E-state index in [0.717, 1.165) is 70.8 Å². The van der Waals surface area contributed by atoms with Gasteiger partial charge < -0.3 is 20.1 Å². The van der Waals surface area contributed by atoms with Gasteiger partial charge in [0.05, 0.1) is 11.7 Å². The molecule has 5 aromatic rings. The molecule has 2 N–H and O–H groups in total. The van der Waals surface area contributed by atoms with Gasteiger partial charge in [0.25, 0.3) is 0 Å². The highest BCUT2D eigenvalue weighted by Crippen LogP contribution is 2.29. The Morgan fingerprint density at radius 3 is 2.77 bits per heavy atom. The molecule has 1 fully saturated rings. The van der Waals surface area contributed by atoms with Crippen molar-refractivity contribution >= 4 is 34.4 Å². The molecule has 9 heteroatoms. The summed E-state index contributed by atoms with van der Waals surface area (Å²) in [5.74, 6) is 1.61. The fourth-order valence-corrected chi connectivity index (χ4v) is 4.48. The monoisotopic (exact) mass is 465 g/mol. The molecule has 35 heavy (non-hydrogen) atoms. The summed E-state index contributed by atoms with van der Waals surface area (Å²) in [6.45, 7) is 8.65. The van der Waals surface area contributed by atoms with E-state index < -0.39 is 0 Å². The van der Waals surface area contributed by atoms with Crippen LogP contribution >= 0.6 is 0 Å². The highest BCUT2D eigenvalue weighted by atomic mass is 15.3. The zero-order valence-corrected chi connectivity index (χ0v) is 19.6. The maximum absolute atomic E-state index is 4.68. The van der Waals surface area contributed by atoms with Gasteiger partial charge >= 0.3 is 0 Å². The first-order valence-corrected chi connectivity index (χ1v) is 11.7. The lowest BCUT2D eigenvalue weighted by Crippen LogP contribution is -2.44. The van der Waals surface area contributed by atoms with Crippen LogP contribution in [-0.2, 0) is 6.54 Å². The normalized spacial score (nSPS) is 14.6. The minimum Gasteiger partial charge on any atom is -0.354 e. The molecule has 0 aliphatic carbocycles. The Morgan fingerprint density at radius 1 is 1.09 bits per heavy atom. The summed E-state index contributed by atoms with van der Waals surface area (Å²) in [5, 5.41) is 8.65. The summed E-state index contributed by atoms with van der Waals surface area (Å²) in [6, 6.07) is 8.36. The summed E-state index contributed by atoms with van der Waals surface area (Å²) >= 11 is 0. The third-order valence-corrected chi connectivity index (χ3v) is 6.60. The van der Waals surface area contributed by atoms with E-state index in [1.165, 1.54) is 0 Å². The average molecular weight is 466 g/mol. The lowest BCUT2D eigenvalue weighted by molar-refractivity contribution is 0.312.